The molecule has 5 rings (SSSR count). The van der Waals surface area contributed by atoms with Crippen molar-refractivity contribution in [2.45, 2.75) is 45.1 Å². The molecule has 4 aromatic rings. The number of hydrogen-bond donors (Lipinski definition) is 2. The Balaban J connectivity index is 1.37. The Morgan fingerprint density at radius 2 is 1.78 bits per heavy atom. The highest BCUT2D eigenvalue weighted by Crippen LogP contribution is 2.23. The molecule has 2 heterocycles. The summed E-state index contributed by atoms with van der Waals surface area (Å²) in [6.07, 6.45) is 5.78. The zero-order valence-corrected chi connectivity index (χ0v) is 18.2. The summed E-state index contributed by atoms with van der Waals surface area (Å²) in [4.78, 5) is 17.3. The highest BCUT2D eigenvalue weighted by Gasteiger charge is 2.17. The van der Waals surface area contributed by atoms with Crippen LogP contribution >= 0.6 is 0 Å². The number of rotatable bonds is 5. The normalized spacial score (nSPS) is 14.4. The quantitative estimate of drug-likeness (QED) is 0.442. The molecule has 0 atom stereocenters. The van der Waals surface area contributed by atoms with Gasteiger partial charge in [0.05, 0.1) is 5.69 Å². The molecule has 1 aliphatic carbocycles. The fourth-order valence-electron chi connectivity index (χ4n) is 4.36. The number of carbonyl (C=O) groups is 1. The molecule has 0 unspecified atom stereocenters. The van der Waals surface area contributed by atoms with Gasteiger partial charge in [-0.15, -0.1) is 5.10 Å². The van der Waals surface area contributed by atoms with E-state index in [1.165, 1.54) is 24.8 Å². The van der Waals surface area contributed by atoms with Crippen LogP contribution in [0.15, 0.2) is 66.7 Å². The second-order valence-corrected chi connectivity index (χ2v) is 8.50. The number of pyridine rings is 1. The lowest BCUT2D eigenvalue weighted by Crippen LogP contribution is -2.36. The number of anilines is 2. The van der Waals surface area contributed by atoms with Gasteiger partial charge in [-0.1, -0.05) is 55.2 Å². The lowest BCUT2D eigenvalue weighted by molar-refractivity contribution is 0.0927. The number of nitrogens with one attached hydrogen (secondary N) is 2. The summed E-state index contributed by atoms with van der Waals surface area (Å²) in [6, 6.07) is 22.1. The van der Waals surface area contributed by atoms with E-state index in [0.717, 1.165) is 35.4 Å². The summed E-state index contributed by atoms with van der Waals surface area (Å²) in [6.45, 7) is 2.08. The highest BCUT2D eigenvalue weighted by atomic mass is 16.1. The van der Waals surface area contributed by atoms with Crippen LogP contribution in [-0.2, 0) is 0 Å². The van der Waals surface area contributed by atoms with E-state index >= 15 is 0 Å². The SMILES string of the molecule is Cc1cccc(-c2cccc3nc(Nc4cccc(C(=O)NC5CCCCC5)c4)nn23)c1. The van der Waals surface area contributed by atoms with Crippen molar-refractivity contribution in [2.75, 3.05) is 5.32 Å². The van der Waals surface area contributed by atoms with E-state index in [1.54, 1.807) is 0 Å². The molecule has 1 saturated carbocycles. The average molecular weight is 426 g/mol. The maximum atomic E-state index is 12.7. The number of hydrogen-bond acceptors (Lipinski definition) is 4. The van der Waals surface area contributed by atoms with Crippen LogP contribution < -0.4 is 10.6 Å². The van der Waals surface area contributed by atoms with Crippen LogP contribution in [0.1, 0.15) is 48.0 Å². The van der Waals surface area contributed by atoms with Gasteiger partial charge in [-0.05, 0) is 56.2 Å². The van der Waals surface area contributed by atoms with Crippen molar-refractivity contribution >= 4 is 23.2 Å². The molecule has 32 heavy (non-hydrogen) atoms. The molecule has 6 nitrogen and oxygen atoms in total. The molecule has 0 radical (unpaired) electrons. The van der Waals surface area contributed by atoms with E-state index < -0.39 is 0 Å². The Labute approximate surface area is 187 Å². The van der Waals surface area contributed by atoms with Crippen LogP contribution in [-0.4, -0.2) is 26.5 Å². The molecular weight excluding hydrogens is 398 g/mol. The minimum atomic E-state index is -0.0229. The minimum Gasteiger partial charge on any atom is -0.349 e. The van der Waals surface area contributed by atoms with Gasteiger partial charge in [-0.2, -0.15) is 4.98 Å². The first-order chi connectivity index (χ1) is 15.7. The Hall–Kier alpha value is -3.67. The third kappa shape index (κ3) is 4.35. The van der Waals surface area contributed by atoms with Gasteiger partial charge >= 0.3 is 0 Å². The summed E-state index contributed by atoms with van der Waals surface area (Å²) < 4.78 is 1.84. The maximum absolute atomic E-state index is 12.7. The predicted octanol–water partition coefficient (Wildman–Crippen LogP) is 5.51. The molecule has 0 spiro atoms. The standard InChI is InChI=1S/C26H27N5O/c1-18-8-5-9-19(16-18)23-14-7-15-24-29-26(30-31(23)24)28-22-13-6-10-20(17-22)25(32)27-21-11-3-2-4-12-21/h5-10,13-17,21H,2-4,11-12H2,1H3,(H,27,32)(H,28,30). The predicted molar refractivity (Wildman–Crippen MR) is 127 cm³/mol. The lowest BCUT2D eigenvalue weighted by atomic mass is 9.95. The molecule has 0 aliphatic heterocycles. The van der Waals surface area contributed by atoms with Crippen molar-refractivity contribution in [3.05, 3.63) is 77.9 Å². The molecule has 2 aromatic carbocycles. The summed E-state index contributed by atoms with van der Waals surface area (Å²) in [5, 5.41) is 11.1. The summed E-state index contributed by atoms with van der Waals surface area (Å²) in [7, 11) is 0. The molecule has 1 amide bonds. The van der Waals surface area contributed by atoms with Crippen molar-refractivity contribution in [2.24, 2.45) is 0 Å². The van der Waals surface area contributed by atoms with Gasteiger partial charge in [0.2, 0.25) is 5.95 Å². The van der Waals surface area contributed by atoms with E-state index in [9.17, 15) is 4.79 Å². The van der Waals surface area contributed by atoms with Crippen molar-refractivity contribution < 1.29 is 4.79 Å². The molecule has 2 aromatic heterocycles. The highest BCUT2D eigenvalue weighted by molar-refractivity contribution is 5.95. The van der Waals surface area contributed by atoms with Crippen molar-refractivity contribution in [3.63, 3.8) is 0 Å². The molecule has 162 valence electrons. The largest absolute Gasteiger partial charge is 0.349 e. The van der Waals surface area contributed by atoms with Crippen LogP contribution in [0.3, 0.4) is 0 Å². The van der Waals surface area contributed by atoms with E-state index in [1.807, 2.05) is 53.0 Å². The van der Waals surface area contributed by atoms with Gasteiger partial charge in [0.25, 0.3) is 5.91 Å². The summed E-state index contributed by atoms with van der Waals surface area (Å²) >= 11 is 0. The lowest BCUT2D eigenvalue weighted by Gasteiger charge is -2.22. The minimum absolute atomic E-state index is 0.0229. The molecule has 1 aliphatic rings. The zero-order chi connectivity index (χ0) is 21.9. The Kier molecular flexibility index (Phi) is 5.58. The van der Waals surface area contributed by atoms with Crippen molar-refractivity contribution in [1.29, 1.82) is 0 Å². The molecule has 6 heteroatoms. The number of aromatic nitrogens is 3. The van der Waals surface area contributed by atoms with Crippen LogP contribution in [0.25, 0.3) is 16.9 Å². The number of amides is 1. The van der Waals surface area contributed by atoms with Crippen LogP contribution in [0.2, 0.25) is 0 Å². The molecule has 0 saturated heterocycles. The molecular formula is C26H27N5O. The van der Waals surface area contributed by atoms with E-state index in [2.05, 4.69) is 45.8 Å². The number of fused-ring (bicyclic) bond motifs is 1. The second-order valence-electron chi connectivity index (χ2n) is 8.50. The first kappa shape index (κ1) is 20.2. The van der Waals surface area contributed by atoms with Gasteiger partial charge in [0, 0.05) is 22.9 Å². The average Bonchev–Trinajstić information content (AvgIpc) is 3.22. The third-order valence-corrected chi connectivity index (χ3v) is 5.99. The van der Waals surface area contributed by atoms with Gasteiger partial charge < -0.3 is 10.6 Å². The monoisotopic (exact) mass is 425 g/mol. The van der Waals surface area contributed by atoms with E-state index in [-0.39, 0.29) is 11.9 Å². The third-order valence-electron chi connectivity index (χ3n) is 5.99. The second kappa shape index (κ2) is 8.83. The first-order valence-electron chi connectivity index (χ1n) is 11.3. The van der Waals surface area contributed by atoms with E-state index in [4.69, 9.17) is 0 Å². The topological polar surface area (TPSA) is 71.3 Å². The Morgan fingerprint density at radius 1 is 0.969 bits per heavy atom. The number of benzene rings is 2. The summed E-state index contributed by atoms with van der Waals surface area (Å²) in [5.41, 5.74) is 5.46. The van der Waals surface area contributed by atoms with Crippen molar-refractivity contribution in [1.82, 2.24) is 19.9 Å². The smallest absolute Gasteiger partial charge is 0.251 e. The van der Waals surface area contributed by atoms with Gasteiger partial charge in [-0.3, -0.25) is 4.79 Å². The maximum Gasteiger partial charge on any atom is 0.251 e. The van der Waals surface area contributed by atoms with Gasteiger partial charge in [0.1, 0.15) is 0 Å². The Bertz CT molecular complexity index is 1260. The zero-order valence-electron chi connectivity index (χ0n) is 18.2. The van der Waals surface area contributed by atoms with Crippen molar-refractivity contribution in [3.8, 4) is 11.3 Å². The molecule has 0 bridgehead atoms. The van der Waals surface area contributed by atoms with Gasteiger partial charge in [0.15, 0.2) is 5.65 Å². The summed E-state index contributed by atoms with van der Waals surface area (Å²) in [5.74, 6) is 0.472. The number of aryl methyl sites for hydroxylation is 1. The fourth-order valence-corrected chi connectivity index (χ4v) is 4.36. The Morgan fingerprint density at radius 3 is 2.62 bits per heavy atom. The first-order valence-corrected chi connectivity index (χ1v) is 11.3. The molecule has 2 N–H and O–H groups in total. The van der Waals surface area contributed by atoms with Crippen LogP contribution in [0.5, 0.6) is 0 Å². The molecule has 1 fully saturated rings. The fraction of sp³-hybridized carbons (Fsp3) is 0.269. The van der Waals surface area contributed by atoms with Gasteiger partial charge in [-0.25, -0.2) is 4.52 Å². The number of nitrogens with zero attached hydrogens (tertiary/aromatic N) is 3. The number of carbonyl (C=O) groups excluding carboxylic acids is 1. The van der Waals surface area contributed by atoms with Crippen LogP contribution in [0.4, 0.5) is 11.6 Å². The van der Waals surface area contributed by atoms with Crippen LogP contribution in [0, 0.1) is 6.92 Å². The van der Waals surface area contributed by atoms with E-state index in [0.29, 0.717) is 11.5 Å².